The summed E-state index contributed by atoms with van der Waals surface area (Å²) < 4.78 is 5.09. The highest BCUT2D eigenvalue weighted by molar-refractivity contribution is 6.29. The molecule has 2 aromatic rings. The van der Waals surface area contributed by atoms with Gasteiger partial charge in [-0.1, -0.05) is 11.6 Å². The van der Waals surface area contributed by atoms with Gasteiger partial charge < -0.3 is 15.0 Å². The summed E-state index contributed by atoms with van der Waals surface area (Å²) in [6.07, 6.45) is 2.39. The van der Waals surface area contributed by atoms with E-state index in [1.807, 2.05) is 13.8 Å². The quantitative estimate of drug-likeness (QED) is 0.860. The lowest BCUT2D eigenvalue weighted by atomic mass is 10.4. The standard InChI is InChI=1S/C10H11ClN4O2/c1-5(2)14-10(16)17-6-3-12-9-8(6)15-7(11)4-13-9/h3-5H,1-2H3,(H,12,13)(H,14,16). The van der Waals surface area contributed by atoms with Gasteiger partial charge in [0.1, 0.15) is 5.15 Å². The number of carbonyl (C=O) groups excluding carboxylic acids is 1. The van der Waals surface area contributed by atoms with Crippen molar-refractivity contribution in [1.82, 2.24) is 20.3 Å². The third-order valence-electron chi connectivity index (χ3n) is 1.93. The number of fused-ring (bicyclic) bond motifs is 1. The molecule has 0 atom stereocenters. The van der Waals surface area contributed by atoms with Crippen LogP contribution in [-0.2, 0) is 0 Å². The Labute approximate surface area is 102 Å². The van der Waals surface area contributed by atoms with Crippen LogP contribution in [0.1, 0.15) is 13.8 Å². The second kappa shape index (κ2) is 4.58. The SMILES string of the molecule is CC(C)NC(=O)Oc1c[nH]c2ncc(Cl)nc12. The molecule has 1 amide bonds. The monoisotopic (exact) mass is 254 g/mol. The van der Waals surface area contributed by atoms with Gasteiger partial charge in [0.15, 0.2) is 16.9 Å². The van der Waals surface area contributed by atoms with Crippen molar-refractivity contribution >= 4 is 28.9 Å². The number of rotatable bonds is 2. The van der Waals surface area contributed by atoms with E-state index in [4.69, 9.17) is 16.3 Å². The van der Waals surface area contributed by atoms with Gasteiger partial charge in [-0.05, 0) is 13.8 Å². The zero-order valence-corrected chi connectivity index (χ0v) is 10.1. The predicted octanol–water partition coefficient (Wildman–Crippen LogP) is 2.11. The molecule has 2 rings (SSSR count). The molecule has 0 aliphatic carbocycles. The maximum absolute atomic E-state index is 11.4. The fourth-order valence-electron chi connectivity index (χ4n) is 1.29. The Balaban J connectivity index is 2.24. The maximum atomic E-state index is 11.4. The number of aromatic nitrogens is 3. The summed E-state index contributed by atoms with van der Waals surface area (Å²) in [5.41, 5.74) is 0.943. The number of carbonyl (C=O) groups is 1. The third kappa shape index (κ3) is 2.65. The first kappa shape index (κ1) is 11.7. The number of amides is 1. The van der Waals surface area contributed by atoms with Gasteiger partial charge in [0.05, 0.1) is 6.20 Å². The lowest BCUT2D eigenvalue weighted by Gasteiger charge is -2.07. The van der Waals surface area contributed by atoms with Crippen LogP contribution in [-0.4, -0.2) is 27.1 Å². The molecule has 90 valence electrons. The molecule has 2 heterocycles. The van der Waals surface area contributed by atoms with Crippen LogP contribution in [0, 0.1) is 0 Å². The van der Waals surface area contributed by atoms with Crippen LogP contribution in [0.25, 0.3) is 11.2 Å². The van der Waals surface area contributed by atoms with Crippen LogP contribution in [0.2, 0.25) is 5.15 Å². The third-order valence-corrected chi connectivity index (χ3v) is 2.11. The number of H-pyrrole nitrogens is 1. The molecule has 2 aromatic heterocycles. The molecular weight excluding hydrogens is 244 g/mol. The van der Waals surface area contributed by atoms with Crippen molar-refractivity contribution in [3.63, 3.8) is 0 Å². The first-order chi connectivity index (χ1) is 8.06. The number of aromatic amines is 1. The first-order valence-electron chi connectivity index (χ1n) is 5.04. The summed E-state index contributed by atoms with van der Waals surface area (Å²) in [6.45, 7) is 3.68. The van der Waals surface area contributed by atoms with Crippen molar-refractivity contribution in [3.8, 4) is 5.75 Å². The van der Waals surface area contributed by atoms with Gasteiger partial charge in [0, 0.05) is 12.2 Å². The fourth-order valence-corrected chi connectivity index (χ4v) is 1.42. The Kier molecular flexibility index (Phi) is 3.14. The molecule has 0 aromatic carbocycles. The van der Waals surface area contributed by atoms with Crippen LogP contribution in [0.3, 0.4) is 0 Å². The molecule has 17 heavy (non-hydrogen) atoms. The van der Waals surface area contributed by atoms with Crippen molar-refractivity contribution in [2.45, 2.75) is 19.9 Å². The van der Waals surface area contributed by atoms with Crippen molar-refractivity contribution in [1.29, 1.82) is 0 Å². The van der Waals surface area contributed by atoms with Crippen molar-refractivity contribution in [2.75, 3.05) is 0 Å². The van der Waals surface area contributed by atoms with Gasteiger partial charge in [0.25, 0.3) is 0 Å². The number of hydrogen-bond acceptors (Lipinski definition) is 4. The van der Waals surface area contributed by atoms with E-state index in [-0.39, 0.29) is 11.2 Å². The van der Waals surface area contributed by atoms with E-state index in [9.17, 15) is 4.79 Å². The van der Waals surface area contributed by atoms with Crippen LogP contribution in [0.4, 0.5) is 4.79 Å². The van der Waals surface area contributed by atoms with E-state index in [1.165, 1.54) is 12.4 Å². The van der Waals surface area contributed by atoms with E-state index in [2.05, 4.69) is 20.3 Å². The average molecular weight is 255 g/mol. The Morgan fingerprint density at radius 2 is 2.35 bits per heavy atom. The number of nitrogens with zero attached hydrogens (tertiary/aromatic N) is 2. The van der Waals surface area contributed by atoms with E-state index in [0.717, 1.165) is 0 Å². The lowest BCUT2D eigenvalue weighted by Crippen LogP contribution is -2.32. The fraction of sp³-hybridized carbons (Fsp3) is 0.300. The lowest BCUT2D eigenvalue weighted by molar-refractivity contribution is 0.198. The Hall–Kier alpha value is -1.82. The first-order valence-corrected chi connectivity index (χ1v) is 5.42. The molecule has 2 N–H and O–H groups in total. The summed E-state index contributed by atoms with van der Waals surface area (Å²) >= 11 is 5.72. The normalized spacial score (nSPS) is 10.8. The average Bonchev–Trinajstić information content (AvgIpc) is 2.60. The molecule has 0 unspecified atom stereocenters. The highest BCUT2D eigenvalue weighted by Gasteiger charge is 2.12. The van der Waals surface area contributed by atoms with Gasteiger partial charge >= 0.3 is 6.09 Å². The topological polar surface area (TPSA) is 79.9 Å². The molecule has 0 spiro atoms. The van der Waals surface area contributed by atoms with Gasteiger partial charge in [-0.15, -0.1) is 0 Å². The van der Waals surface area contributed by atoms with Crippen LogP contribution < -0.4 is 10.1 Å². The highest BCUT2D eigenvalue weighted by atomic mass is 35.5. The maximum Gasteiger partial charge on any atom is 0.412 e. The molecule has 7 heteroatoms. The molecular formula is C10H11ClN4O2. The van der Waals surface area contributed by atoms with Crippen LogP contribution in [0.15, 0.2) is 12.4 Å². The van der Waals surface area contributed by atoms with E-state index >= 15 is 0 Å². The summed E-state index contributed by atoms with van der Waals surface area (Å²) in [4.78, 5) is 22.3. The largest absolute Gasteiger partial charge is 0.412 e. The van der Waals surface area contributed by atoms with Crippen LogP contribution in [0.5, 0.6) is 5.75 Å². The highest BCUT2D eigenvalue weighted by Crippen LogP contribution is 2.23. The molecule has 0 saturated carbocycles. The minimum atomic E-state index is -0.539. The second-order valence-electron chi connectivity index (χ2n) is 3.73. The molecule has 0 bridgehead atoms. The number of ether oxygens (including phenoxy) is 1. The minimum Gasteiger partial charge on any atom is -0.406 e. The van der Waals surface area contributed by atoms with Crippen molar-refractivity contribution in [2.24, 2.45) is 0 Å². The van der Waals surface area contributed by atoms with E-state index in [0.29, 0.717) is 16.9 Å². The Morgan fingerprint density at radius 3 is 3.06 bits per heavy atom. The van der Waals surface area contributed by atoms with Crippen molar-refractivity contribution < 1.29 is 9.53 Å². The summed E-state index contributed by atoms with van der Waals surface area (Å²) in [5.74, 6) is 0.299. The number of hydrogen-bond donors (Lipinski definition) is 2. The molecule has 0 fully saturated rings. The zero-order chi connectivity index (χ0) is 12.4. The summed E-state index contributed by atoms with van der Waals surface area (Å²) in [6, 6.07) is 0.00220. The molecule has 6 nitrogen and oxygen atoms in total. The second-order valence-corrected chi connectivity index (χ2v) is 4.12. The molecule has 0 radical (unpaired) electrons. The summed E-state index contributed by atoms with van der Waals surface area (Å²) in [5, 5.41) is 2.85. The summed E-state index contributed by atoms with van der Waals surface area (Å²) in [7, 11) is 0. The molecule has 0 aliphatic heterocycles. The smallest absolute Gasteiger partial charge is 0.406 e. The van der Waals surface area contributed by atoms with Gasteiger partial charge in [-0.3, -0.25) is 0 Å². The predicted molar refractivity (Wildman–Crippen MR) is 63.2 cm³/mol. The molecule has 0 saturated heterocycles. The van der Waals surface area contributed by atoms with Gasteiger partial charge in [-0.25, -0.2) is 14.8 Å². The van der Waals surface area contributed by atoms with E-state index < -0.39 is 6.09 Å². The number of nitrogens with one attached hydrogen (secondary N) is 2. The Morgan fingerprint density at radius 1 is 1.59 bits per heavy atom. The zero-order valence-electron chi connectivity index (χ0n) is 9.32. The van der Waals surface area contributed by atoms with Crippen LogP contribution >= 0.6 is 11.6 Å². The Bertz CT molecular complexity index is 552. The van der Waals surface area contributed by atoms with Crippen molar-refractivity contribution in [3.05, 3.63) is 17.5 Å². The minimum absolute atomic E-state index is 0.00220. The number of halogens is 1. The van der Waals surface area contributed by atoms with Gasteiger partial charge in [0.2, 0.25) is 0 Å². The van der Waals surface area contributed by atoms with E-state index in [1.54, 1.807) is 0 Å². The molecule has 0 aliphatic rings. The van der Waals surface area contributed by atoms with Gasteiger partial charge in [-0.2, -0.15) is 0 Å².